The maximum absolute atomic E-state index is 13.3. The molecule has 2 aliphatic heterocycles. The number of carbonyl (C=O) groups is 1. The van der Waals surface area contributed by atoms with Gasteiger partial charge in [0.15, 0.2) is 0 Å². The summed E-state index contributed by atoms with van der Waals surface area (Å²) in [6.45, 7) is 3.72. The molecule has 0 saturated carbocycles. The molecule has 2 heterocycles. The van der Waals surface area contributed by atoms with Crippen molar-refractivity contribution in [2.45, 2.75) is 36.9 Å². The summed E-state index contributed by atoms with van der Waals surface area (Å²) in [4.78, 5) is 14.1. The summed E-state index contributed by atoms with van der Waals surface area (Å²) < 4.78 is 51.0. The highest BCUT2D eigenvalue weighted by atomic mass is 32.2. The van der Waals surface area contributed by atoms with E-state index < -0.39 is 21.9 Å². The summed E-state index contributed by atoms with van der Waals surface area (Å²) in [6.07, 6.45) is 1.41. The Morgan fingerprint density at radius 3 is 2.70 bits per heavy atom. The maximum atomic E-state index is 13.3. The van der Waals surface area contributed by atoms with Gasteiger partial charge in [0.1, 0.15) is 11.9 Å². The topological polar surface area (TPSA) is 76.2 Å². The fourth-order valence-electron chi connectivity index (χ4n) is 3.28. The van der Waals surface area contributed by atoms with Crippen molar-refractivity contribution in [3.05, 3.63) is 30.1 Å². The molecule has 0 aliphatic carbocycles. The molecule has 9 heteroatoms. The standard InChI is InChI=1S/C18H25FN2O5S/c1-14(26-13-16-5-3-11-25-16)18(22)20-7-9-21(10-8-20)27(23,24)17-6-2-4-15(19)12-17/h2,4,6,12,14,16H,3,5,7-11,13H2,1H3. The molecule has 7 nitrogen and oxygen atoms in total. The highest BCUT2D eigenvalue weighted by Crippen LogP contribution is 2.19. The molecule has 2 aliphatic rings. The average molecular weight is 400 g/mol. The van der Waals surface area contributed by atoms with Crippen LogP contribution in [0.1, 0.15) is 19.8 Å². The molecule has 2 unspecified atom stereocenters. The third-order valence-corrected chi connectivity index (χ3v) is 6.78. The third kappa shape index (κ3) is 4.84. The van der Waals surface area contributed by atoms with E-state index in [1.54, 1.807) is 11.8 Å². The van der Waals surface area contributed by atoms with Crippen LogP contribution >= 0.6 is 0 Å². The van der Waals surface area contributed by atoms with Crippen LogP contribution in [-0.2, 0) is 24.3 Å². The van der Waals surface area contributed by atoms with E-state index in [9.17, 15) is 17.6 Å². The van der Waals surface area contributed by atoms with Gasteiger partial charge in [-0.25, -0.2) is 12.8 Å². The largest absolute Gasteiger partial charge is 0.376 e. The summed E-state index contributed by atoms with van der Waals surface area (Å²) in [5.41, 5.74) is 0. The average Bonchev–Trinajstić information content (AvgIpc) is 3.19. The molecule has 0 bridgehead atoms. The quantitative estimate of drug-likeness (QED) is 0.718. The molecule has 0 N–H and O–H groups in total. The van der Waals surface area contributed by atoms with Crippen molar-refractivity contribution < 1.29 is 27.1 Å². The van der Waals surface area contributed by atoms with Crippen LogP contribution in [0, 0.1) is 5.82 Å². The lowest BCUT2D eigenvalue weighted by atomic mass is 10.2. The Bertz CT molecular complexity index is 759. The molecule has 0 radical (unpaired) electrons. The number of nitrogens with zero attached hydrogens (tertiary/aromatic N) is 2. The summed E-state index contributed by atoms with van der Waals surface area (Å²) in [5.74, 6) is -0.752. The van der Waals surface area contributed by atoms with Gasteiger partial charge in [0.05, 0.1) is 17.6 Å². The van der Waals surface area contributed by atoms with E-state index in [0.717, 1.165) is 25.5 Å². The SMILES string of the molecule is CC(OCC1CCCO1)C(=O)N1CCN(S(=O)(=O)c2cccc(F)c2)CC1. The Hall–Kier alpha value is -1.55. The number of hydrogen-bond donors (Lipinski definition) is 0. The second kappa shape index (κ2) is 8.64. The predicted molar refractivity (Wildman–Crippen MR) is 96.1 cm³/mol. The van der Waals surface area contributed by atoms with E-state index in [1.165, 1.54) is 22.5 Å². The van der Waals surface area contributed by atoms with Crippen LogP contribution in [0.25, 0.3) is 0 Å². The van der Waals surface area contributed by atoms with Crippen LogP contribution in [0.2, 0.25) is 0 Å². The first-order chi connectivity index (χ1) is 12.9. The van der Waals surface area contributed by atoms with Gasteiger partial charge in [0.25, 0.3) is 5.91 Å². The Kier molecular flexibility index (Phi) is 6.46. The lowest BCUT2D eigenvalue weighted by molar-refractivity contribution is -0.145. The predicted octanol–water partition coefficient (Wildman–Crippen LogP) is 1.24. The molecule has 2 fully saturated rings. The Balaban J connectivity index is 1.52. The smallest absolute Gasteiger partial charge is 0.251 e. The first-order valence-electron chi connectivity index (χ1n) is 9.15. The lowest BCUT2D eigenvalue weighted by Gasteiger charge is -2.35. The number of hydrogen-bond acceptors (Lipinski definition) is 5. The van der Waals surface area contributed by atoms with Gasteiger partial charge in [0.2, 0.25) is 10.0 Å². The number of piperazine rings is 1. The summed E-state index contributed by atoms with van der Waals surface area (Å²) in [5, 5.41) is 0. The molecule has 2 saturated heterocycles. The fraction of sp³-hybridized carbons (Fsp3) is 0.611. The summed E-state index contributed by atoms with van der Waals surface area (Å²) >= 11 is 0. The monoisotopic (exact) mass is 400 g/mol. The zero-order valence-corrected chi connectivity index (χ0v) is 16.2. The van der Waals surface area contributed by atoms with E-state index in [1.807, 2.05) is 0 Å². The van der Waals surface area contributed by atoms with Gasteiger partial charge >= 0.3 is 0 Å². The van der Waals surface area contributed by atoms with Gasteiger partial charge in [-0.2, -0.15) is 4.31 Å². The number of benzene rings is 1. The first-order valence-corrected chi connectivity index (χ1v) is 10.6. The molecular weight excluding hydrogens is 375 g/mol. The van der Waals surface area contributed by atoms with Crippen molar-refractivity contribution in [1.29, 1.82) is 0 Å². The highest BCUT2D eigenvalue weighted by Gasteiger charge is 2.32. The second-order valence-electron chi connectivity index (χ2n) is 6.80. The van der Waals surface area contributed by atoms with Crippen LogP contribution in [0.5, 0.6) is 0 Å². The number of rotatable bonds is 6. The van der Waals surface area contributed by atoms with Crippen molar-refractivity contribution in [3.63, 3.8) is 0 Å². The third-order valence-electron chi connectivity index (χ3n) is 4.89. The fourth-order valence-corrected chi connectivity index (χ4v) is 4.74. The first kappa shape index (κ1) is 20.2. The maximum Gasteiger partial charge on any atom is 0.251 e. The number of amides is 1. The van der Waals surface area contributed by atoms with Gasteiger partial charge in [-0.15, -0.1) is 0 Å². The zero-order valence-electron chi connectivity index (χ0n) is 15.3. The minimum absolute atomic E-state index is 0.0495. The van der Waals surface area contributed by atoms with Crippen molar-refractivity contribution in [2.75, 3.05) is 39.4 Å². The van der Waals surface area contributed by atoms with Crippen molar-refractivity contribution >= 4 is 15.9 Å². The Labute approximate surface area is 159 Å². The number of ether oxygens (including phenoxy) is 2. The van der Waals surface area contributed by atoms with Gasteiger partial charge in [-0.1, -0.05) is 6.07 Å². The molecular formula is C18H25FN2O5S. The molecule has 1 aromatic rings. The van der Waals surface area contributed by atoms with Crippen molar-refractivity contribution in [3.8, 4) is 0 Å². The molecule has 1 amide bonds. The Morgan fingerprint density at radius 2 is 2.07 bits per heavy atom. The minimum atomic E-state index is -3.77. The molecule has 3 rings (SSSR count). The molecule has 27 heavy (non-hydrogen) atoms. The van der Waals surface area contributed by atoms with E-state index in [2.05, 4.69) is 0 Å². The van der Waals surface area contributed by atoms with E-state index in [-0.39, 0.29) is 43.1 Å². The van der Waals surface area contributed by atoms with Gasteiger partial charge in [-0.3, -0.25) is 4.79 Å². The Morgan fingerprint density at radius 1 is 1.33 bits per heavy atom. The molecule has 0 spiro atoms. The van der Waals surface area contributed by atoms with Crippen LogP contribution < -0.4 is 0 Å². The van der Waals surface area contributed by atoms with Crippen LogP contribution in [0.3, 0.4) is 0 Å². The number of halogens is 1. The van der Waals surface area contributed by atoms with E-state index in [4.69, 9.17) is 9.47 Å². The summed E-state index contributed by atoms with van der Waals surface area (Å²) in [6, 6.07) is 4.95. The normalized spacial score (nSPS) is 22.7. The van der Waals surface area contributed by atoms with Crippen molar-refractivity contribution in [1.82, 2.24) is 9.21 Å². The highest BCUT2D eigenvalue weighted by molar-refractivity contribution is 7.89. The molecule has 150 valence electrons. The van der Waals surface area contributed by atoms with Gasteiger partial charge < -0.3 is 14.4 Å². The van der Waals surface area contributed by atoms with E-state index in [0.29, 0.717) is 6.61 Å². The number of carbonyl (C=O) groups excluding carboxylic acids is 1. The lowest BCUT2D eigenvalue weighted by Crippen LogP contribution is -2.52. The summed E-state index contributed by atoms with van der Waals surface area (Å²) in [7, 11) is -3.77. The molecule has 1 aromatic carbocycles. The minimum Gasteiger partial charge on any atom is -0.376 e. The van der Waals surface area contributed by atoms with Gasteiger partial charge in [-0.05, 0) is 38.0 Å². The molecule has 2 atom stereocenters. The zero-order chi connectivity index (χ0) is 19.4. The van der Waals surface area contributed by atoms with Crippen molar-refractivity contribution in [2.24, 2.45) is 0 Å². The van der Waals surface area contributed by atoms with Crippen LogP contribution in [0.15, 0.2) is 29.2 Å². The molecule has 0 aromatic heterocycles. The van der Waals surface area contributed by atoms with Crippen LogP contribution in [0.4, 0.5) is 4.39 Å². The van der Waals surface area contributed by atoms with E-state index >= 15 is 0 Å². The number of sulfonamides is 1. The van der Waals surface area contributed by atoms with Crippen LogP contribution in [-0.4, -0.2) is 75.1 Å². The second-order valence-corrected chi connectivity index (χ2v) is 8.74. The van der Waals surface area contributed by atoms with Gasteiger partial charge in [0, 0.05) is 32.8 Å².